The minimum absolute atomic E-state index is 0.742. The molecule has 0 fully saturated rings. The predicted octanol–water partition coefficient (Wildman–Crippen LogP) is 3.07. The zero-order valence-electron chi connectivity index (χ0n) is 6.52. The van der Waals surface area contributed by atoms with Gasteiger partial charge in [0, 0.05) is 5.92 Å². The smallest absolute Gasteiger partial charge is 0.00286 e. The second-order valence-corrected chi connectivity index (χ2v) is 4.34. The Morgan fingerprint density at radius 2 is 1.78 bits per heavy atom. The molecule has 0 radical (unpaired) electrons. The Balaban J connectivity index is 2.92. The lowest BCUT2D eigenvalue weighted by Crippen LogP contribution is -2.01. The van der Waals surface area contributed by atoms with Crippen molar-refractivity contribution in [1.29, 1.82) is 0 Å². The zero-order valence-corrected chi connectivity index (χ0v) is 7.42. The van der Waals surface area contributed by atoms with E-state index in [0.29, 0.717) is 0 Å². The second-order valence-electron chi connectivity index (χ2n) is 2.74. The lowest BCUT2D eigenvalue weighted by Gasteiger charge is -2.04. The first-order valence-corrected chi connectivity index (χ1v) is 4.25. The molecule has 1 aliphatic heterocycles. The molecule has 1 rings (SSSR count). The molecule has 1 heteroatoms. The lowest BCUT2D eigenvalue weighted by molar-refractivity contribution is 0.924. The van der Waals surface area contributed by atoms with E-state index in [2.05, 4.69) is 27.7 Å². The Morgan fingerprint density at radius 3 is 1.89 bits per heavy atom. The van der Waals surface area contributed by atoms with E-state index in [9.17, 15) is 0 Å². The predicted molar refractivity (Wildman–Crippen MR) is 45.1 cm³/mol. The summed E-state index contributed by atoms with van der Waals surface area (Å²) >= 11 is 0. The van der Waals surface area contributed by atoms with Crippen molar-refractivity contribution >= 4 is 13.5 Å². The maximum Gasteiger partial charge on any atom is 0.00286 e. The van der Waals surface area contributed by atoms with E-state index >= 15 is 0 Å². The third kappa shape index (κ3) is 1.09. The molecule has 1 atom stereocenters. The summed E-state index contributed by atoms with van der Waals surface area (Å²) in [5.41, 5.74) is 1.58. The molecule has 0 aromatic rings. The quantitative estimate of drug-likeness (QED) is 0.453. The molecule has 0 spiro atoms. The molecule has 1 heterocycles. The van der Waals surface area contributed by atoms with E-state index in [0.717, 1.165) is 5.92 Å². The molecule has 0 aliphatic carbocycles. The average Bonchev–Trinajstić information content (AvgIpc) is 1.98. The summed E-state index contributed by atoms with van der Waals surface area (Å²) in [6, 6.07) is 0. The van der Waals surface area contributed by atoms with Crippen molar-refractivity contribution in [2.75, 3.05) is 0 Å². The molecular weight excluding hydrogens is 127 g/mol. The topological polar surface area (TPSA) is 0 Å². The summed E-state index contributed by atoms with van der Waals surface area (Å²) < 4.78 is 0. The Morgan fingerprint density at radius 1 is 1.22 bits per heavy atom. The fourth-order valence-corrected chi connectivity index (χ4v) is 2.36. The van der Waals surface area contributed by atoms with E-state index in [1.54, 1.807) is 16.2 Å². The van der Waals surface area contributed by atoms with Crippen molar-refractivity contribution < 1.29 is 0 Å². The van der Waals surface area contributed by atoms with Gasteiger partial charge in [-0.05, 0) is 31.4 Å². The van der Waals surface area contributed by atoms with Gasteiger partial charge in [0.2, 0.25) is 0 Å². The largest absolute Gasteiger partial charge is 0.0738 e. The first-order chi connectivity index (χ1) is 4.13. The van der Waals surface area contributed by atoms with Crippen LogP contribution < -0.4 is 0 Å². The fourth-order valence-electron chi connectivity index (χ4n) is 1.08. The molecule has 0 bridgehead atoms. The fraction of sp³-hybridized carbons (Fsp3) is 0.625. The third-order valence-electron chi connectivity index (χ3n) is 2.19. The van der Waals surface area contributed by atoms with E-state index in [-0.39, 0.29) is 0 Å². The van der Waals surface area contributed by atoms with Gasteiger partial charge in [0.25, 0.3) is 0 Å². The van der Waals surface area contributed by atoms with Crippen molar-refractivity contribution in [3.8, 4) is 0 Å². The van der Waals surface area contributed by atoms with Crippen LogP contribution in [0.3, 0.4) is 0 Å². The molecule has 0 amide bonds. The van der Waals surface area contributed by atoms with Crippen LogP contribution in [0.4, 0.5) is 0 Å². The monoisotopic (exact) mass is 140 g/mol. The second kappa shape index (κ2) is 2.27. The van der Waals surface area contributed by atoms with Crippen molar-refractivity contribution in [3.63, 3.8) is 0 Å². The summed E-state index contributed by atoms with van der Waals surface area (Å²) in [5.74, 6) is 0.742. The standard InChI is InChI=1S/C8H13P/c1-5-6(2)8(4)9-7(5)3/h5H,1-4H3. The van der Waals surface area contributed by atoms with Crippen LogP contribution in [-0.4, -0.2) is 5.29 Å². The molecule has 1 unspecified atom stereocenters. The molecule has 9 heavy (non-hydrogen) atoms. The maximum absolute atomic E-state index is 2.29. The highest BCUT2D eigenvalue weighted by atomic mass is 31.1. The molecule has 0 aromatic carbocycles. The van der Waals surface area contributed by atoms with Crippen LogP contribution in [0.2, 0.25) is 0 Å². The zero-order chi connectivity index (χ0) is 7.02. The Kier molecular flexibility index (Phi) is 1.77. The van der Waals surface area contributed by atoms with Crippen LogP contribution in [0.1, 0.15) is 27.7 Å². The Bertz CT molecular complexity index is 187. The number of hydrogen-bond acceptors (Lipinski definition) is 0. The highest BCUT2D eigenvalue weighted by Gasteiger charge is 2.14. The van der Waals surface area contributed by atoms with Crippen LogP contribution in [0.15, 0.2) is 10.9 Å². The van der Waals surface area contributed by atoms with E-state index in [4.69, 9.17) is 0 Å². The van der Waals surface area contributed by atoms with Crippen LogP contribution >= 0.6 is 8.20 Å². The summed E-state index contributed by atoms with van der Waals surface area (Å²) in [6.07, 6.45) is 0. The Labute approximate surface area is 58.8 Å². The Hall–Kier alpha value is -0.0900. The normalized spacial score (nSPS) is 28.9. The summed E-state index contributed by atoms with van der Waals surface area (Å²) in [4.78, 5) is 0. The van der Waals surface area contributed by atoms with Gasteiger partial charge in [-0.3, -0.25) is 0 Å². The molecule has 1 aliphatic rings. The van der Waals surface area contributed by atoms with Gasteiger partial charge >= 0.3 is 0 Å². The molecular formula is C8H13P. The van der Waals surface area contributed by atoms with Gasteiger partial charge in [0.15, 0.2) is 0 Å². The minimum Gasteiger partial charge on any atom is -0.0738 e. The van der Waals surface area contributed by atoms with Gasteiger partial charge in [-0.2, -0.15) is 0 Å². The van der Waals surface area contributed by atoms with Gasteiger partial charge < -0.3 is 0 Å². The van der Waals surface area contributed by atoms with Crippen molar-refractivity contribution in [1.82, 2.24) is 0 Å². The van der Waals surface area contributed by atoms with Gasteiger partial charge in [-0.1, -0.05) is 20.7 Å². The first kappa shape index (κ1) is 7.02. The van der Waals surface area contributed by atoms with Crippen molar-refractivity contribution in [2.24, 2.45) is 5.92 Å². The summed E-state index contributed by atoms with van der Waals surface area (Å²) in [5, 5.41) is 3.16. The molecule has 0 saturated carbocycles. The molecule has 50 valence electrons. The highest BCUT2D eigenvalue weighted by Crippen LogP contribution is 2.34. The number of allylic oxidation sites excluding steroid dienone is 2. The third-order valence-corrected chi connectivity index (χ3v) is 3.62. The van der Waals surface area contributed by atoms with Crippen LogP contribution in [0.5, 0.6) is 0 Å². The van der Waals surface area contributed by atoms with E-state index < -0.39 is 0 Å². The summed E-state index contributed by atoms with van der Waals surface area (Å²) in [7, 11) is 1.47. The maximum atomic E-state index is 2.29. The molecule has 0 nitrogen and oxygen atoms in total. The number of hydrogen-bond donors (Lipinski definition) is 0. The van der Waals surface area contributed by atoms with Crippen LogP contribution in [0, 0.1) is 5.92 Å². The van der Waals surface area contributed by atoms with Crippen LogP contribution in [-0.2, 0) is 0 Å². The van der Waals surface area contributed by atoms with Gasteiger partial charge in [-0.25, -0.2) is 0 Å². The minimum atomic E-state index is 0.742. The highest BCUT2D eigenvalue weighted by molar-refractivity contribution is 7.45. The molecule has 0 saturated heterocycles. The van der Waals surface area contributed by atoms with E-state index in [1.165, 1.54) is 8.20 Å². The lowest BCUT2D eigenvalue weighted by atomic mass is 10.0. The van der Waals surface area contributed by atoms with Crippen molar-refractivity contribution in [2.45, 2.75) is 27.7 Å². The van der Waals surface area contributed by atoms with Gasteiger partial charge in [0.1, 0.15) is 0 Å². The first-order valence-electron chi connectivity index (χ1n) is 3.35. The van der Waals surface area contributed by atoms with E-state index in [1.807, 2.05) is 0 Å². The van der Waals surface area contributed by atoms with Gasteiger partial charge in [0.05, 0.1) is 0 Å². The summed E-state index contributed by atoms with van der Waals surface area (Å²) in [6.45, 7) is 8.99. The van der Waals surface area contributed by atoms with Crippen LogP contribution in [0.25, 0.3) is 0 Å². The van der Waals surface area contributed by atoms with Crippen molar-refractivity contribution in [3.05, 3.63) is 10.9 Å². The van der Waals surface area contributed by atoms with Gasteiger partial charge in [-0.15, -0.1) is 0 Å². The SMILES string of the molecule is CC1=PC(C)=C(C)C1C. The number of rotatable bonds is 0. The molecule has 0 aromatic heterocycles. The molecule has 0 N–H and O–H groups in total. The average molecular weight is 140 g/mol.